The van der Waals surface area contributed by atoms with Gasteiger partial charge in [-0.05, 0) is 0 Å². The largest absolute Gasteiger partial charge is 0.301 e. The zero-order valence-corrected chi connectivity index (χ0v) is 14.7. The lowest BCUT2D eigenvalue weighted by atomic mass is 10.1. The first-order valence-electron chi connectivity index (χ1n) is 7.19. The molecule has 0 aliphatic carbocycles. The number of hydrogen-bond donors (Lipinski definition) is 2. The molecule has 1 amide bonds. The maximum Gasteiger partial charge on any atom is 0.270 e. The van der Waals surface area contributed by atoms with Gasteiger partial charge in [0, 0.05) is 35.3 Å². The van der Waals surface area contributed by atoms with Gasteiger partial charge in [0.15, 0.2) is 10.3 Å². The third kappa shape index (κ3) is 4.52. The molecule has 3 aromatic rings. The molecule has 0 aliphatic rings. The molecule has 0 bridgehead atoms. The number of nitrogens with one attached hydrogen (secondary N) is 2. The summed E-state index contributed by atoms with van der Waals surface area (Å²) in [5, 5.41) is 15.9. The lowest BCUT2D eigenvalue weighted by molar-refractivity contribution is -0.384. The molecule has 3 rings (SSSR count). The topological polar surface area (TPSA) is 131 Å². The van der Waals surface area contributed by atoms with Crippen LogP contribution in [0, 0.1) is 10.1 Å². The molecule has 0 atom stereocenters. The molecule has 0 aliphatic heterocycles. The number of benzene rings is 1. The van der Waals surface area contributed by atoms with Crippen LogP contribution in [0.3, 0.4) is 0 Å². The number of nitrogens with zero attached hydrogens (tertiary/aromatic N) is 3. The van der Waals surface area contributed by atoms with Gasteiger partial charge in [-0.1, -0.05) is 23.9 Å². The molecule has 26 heavy (non-hydrogen) atoms. The molecule has 1 aromatic carbocycles. The molecule has 132 valence electrons. The second kappa shape index (κ2) is 7.89. The third-order valence-corrected chi connectivity index (χ3v) is 4.74. The normalized spacial score (nSPS) is 10.5. The van der Waals surface area contributed by atoms with Crippen LogP contribution in [0.1, 0.15) is 0 Å². The average molecular weight is 389 g/mol. The minimum Gasteiger partial charge on any atom is -0.301 e. The maximum absolute atomic E-state index is 12.0. The fourth-order valence-corrected chi connectivity index (χ4v) is 3.34. The summed E-state index contributed by atoms with van der Waals surface area (Å²) in [5.41, 5.74) is 0.818. The van der Waals surface area contributed by atoms with Gasteiger partial charge in [0.25, 0.3) is 11.2 Å². The predicted octanol–water partition coefficient (Wildman–Crippen LogP) is 2.53. The van der Waals surface area contributed by atoms with E-state index in [1.54, 1.807) is 17.5 Å². The van der Waals surface area contributed by atoms with Gasteiger partial charge in [-0.15, -0.1) is 11.3 Å². The van der Waals surface area contributed by atoms with E-state index >= 15 is 0 Å². The van der Waals surface area contributed by atoms with Crippen molar-refractivity contribution in [2.24, 2.45) is 0 Å². The fourth-order valence-electron chi connectivity index (χ4n) is 1.96. The molecular weight excluding hydrogens is 378 g/mol. The predicted molar refractivity (Wildman–Crippen MR) is 98.4 cm³/mol. The van der Waals surface area contributed by atoms with E-state index in [0.717, 1.165) is 11.8 Å². The number of amides is 1. The number of non-ortho nitro benzene ring substituents is 1. The molecule has 11 heteroatoms. The van der Waals surface area contributed by atoms with E-state index in [9.17, 15) is 19.7 Å². The van der Waals surface area contributed by atoms with Gasteiger partial charge < -0.3 is 10.3 Å². The van der Waals surface area contributed by atoms with Crippen LogP contribution in [0.4, 0.5) is 10.8 Å². The molecule has 9 nitrogen and oxygen atoms in total. The molecule has 0 saturated carbocycles. The maximum atomic E-state index is 12.0. The Morgan fingerprint density at radius 2 is 2.23 bits per heavy atom. The van der Waals surface area contributed by atoms with Crippen molar-refractivity contribution in [2.45, 2.75) is 5.16 Å². The number of nitro groups is 1. The number of hydrogen-bond acceptors (Lipinski definition) is 8. The Labute approximate surface area is 154 Å². The second-order valence-electron chi connectivity index (χ2n) is 4.92. The highest BCUT2D eigenvalue weighted by Gasteiger charge is 2.12. The summed E-state index contributed by atoms with van der Waals surface area (Å²) in [6.07, 6.45) is 1.37. The summed E-state index contributed by atoms with van der Waals surface area (Å²) < 4.78 is 0. The van der Waals surface area contributed by atoms with Crippen LogP contribution in [0.15, 0.2) is 51.9 Å². The standard InChI is InChI=1S/C15H11N5O4S2/c21-12-4-5-16-14(18-12)26-8-13(22)19-15-17-11(7-25-15)9-2-1-3-10(6-9)20(23)24/h1-7H,8H2,(H,16,18,21)(H,17,19,22). The number of carbonyl (C=O) groups excluding carboxylic acids is 1. The van der Waals surface area contributed by atoms with Crippen molar-refractivity contribution in [3.8, 4) is 11.3 Å². The Morgan fingerprint density at radius 1 is 1.38 bits per heavy atom. The molecule has 2 aromatic heterocycles. The molecule has 0 fully saturated rings. The molecule has 0 saturated heterocycles. The van der Waals surface area contributed by atoms with E-state index in [2.05, 4.69) is 20.3 Å². The highest BCUT2D eigenvalue weighted by atomic mass is 32.2. The van der Waals surface area contributed by atoms with Gasteiger partial charge >= 0.3 is 0 Å². The van der Waals surface area contributed by atoms with E-state index in [1.807, 2.05) is 0 Å². The van der Waals surface area contributed by atoms with Gasteiger partial charge in [-0.25, -0.2) is 9.97 Å². The minimum absolute atomic E-state index is 0.0261. The van der Waals surface area contributed by atoms with Gasteiger partial charge in [0.2, 0.25) is 5.91 Å². The first-order valence-corrected chi connectivity index (χ1v) is 9.06. The zero-order valence-electron chi connectivity index (χ0n) is 13.0. The van der Waals surface area contributed by atoms with Crippen LogP contribution in [-0.2, 0) is 4.79 Å². The van der Waals surface area contributed by atoms with E-state index in [4.69, 9.17) is 0 Å². The summed E-state index contributed by atoms with van der Waals surface area (Å²) >= 11 is 2.31. The zero-order chi connectivity index (χ0) is 18.5. The van der Waals surface area contributed by atoms with Crippen LogP contribution in [0.25, 0.3) is 11.3 Å². The number of aromatic amines is 1. The van der Waals surface area contributed by atoms with Gasteiger partial charge in [-0.2, -0.15) is 0 Å². The van der Waals surface area contributed by atoms with Crippen LogP contribution >= 0.6 is 23.1 Å². The smallest absolute Gasteiger partial charge is 0.270 e. The lowest BCUT2D eigenvalue weighted by Crippen LogP contribution is -2.15. The summed E-state index contributed by atoms with van der Waals surface area (Å²) in [5.74, 6) is -0.250. The number of rotatable bonds is 6. The number of thiazole rings is 1. The Kier molecular flexibility index (Phi) is 5.39. The minimum atomic E-state index is -0.474. The van der Waals surface area contributed by atoms with E-state index in [0.29, 0.717) is 21.5 Å². The number of nitro benzene ring substituents is 1. The first-order chi connectivity index (χ1) is 12.5. The molecule has 0 unspecified atom stereocenters. The van der Waals surface area contributed by atoms with Crippen molar-refractivity contribution < 1.29 is 9.72 Å². The number of aromatic nitrogens is 3. The Balaban J connectivity index is 1.63. The molecule has 0 spiro atoms. The summed E-state index contributed by atoms with van der Waals surface area (Å²) in [7, 11) is 0. The Hall–Kier alpha value is -3.05. The molecular formula is C15H11N5O4S2. The van der Waals surface area contributed by atoms with E-state index in [1.165, 1.54) is 35.7 Å². The SMILES string of the molecule is O=C(CSc1nccc(=O)[nH]1)Nc1nc(-c2cccc([N+](=O)[O-])c2)cs1. The van der Waals surface area contributed by atoms with Crippen molar-refractivity contribution in [1.29, 1.82) is 0 Å². The van der Waals surface area contributed by atoms with Crippen molar-refractivity contribution in [1.82, 2.24) is 15.0 Å². The molecule has 0 radical (unpaired) electrons. The Bertz CT molecular complexity index is 1020. The molecule has 2 N–H and O–H groups in total. The van der Waals surface area contributed by atoms with E-state index in [-0.39, 0.29) is 22.9 Å². The summed E-state index contributed by atoms with van der Waals surface area (Å²) in [4.78, 5) is 44.3. The monoisotopic (exact) mass is 389 g/mol. The summed E-state index contributed by atoms with van der Waals surface area (Å²) in [6.45, 7) is 0. The highest BCUT2D eigenvalue weighted by Crippen LogP contribution is 2.27. The number of anilines is 1. The van der Waals surface area contributed by atoms with Crippen molar-refractivity contribution in [2.75, 3.05) is 11.1 Å². The second-order valence-corrected chi connectivity index (χ2v) is 6.74. The van der Waals surface area contributed by atoms with Crippen molar-refractivity contribution >= 4 is 39.8 Å². The number of H-pyrrole nitrogens is 1. The lowest BCUT2D eigenvalue weighted by Gasteiger charge is -2.01. The summed E-state index contributed by atoms with van der Waals surface area (Å²) in [6, 6.07) is 7.40. The third-order valence-electron chi connectivity index (χ3n) is 3.09. The fraction of sp³-hybridized carbons (Fsp3) is 0.0667. The average Bonchev–Trinajstić information content (AvgIpc) is 3.08. The van der Waals surface area contributed by atoms with Gasteiger partial charge in [0.1, 0.15) is 0 Å². The van der Waals surface area contributed by atoms with Crippen LogP contribution in [0.5, 0.6) is 0 Å². The first kappa shape index (κ1) is 17.8. The number of thioether (sulfide) groups is 1. The van der Waals surface area contributed by atoms with Crippen LogP contribution in [0.2, 0.25) is 0 Å². The van der Waals surface area contributed by atoms with Crippen LogP contribution < -0.4 is 10.9 Å². The van der Waals surface area contributed by atoms with Crippen molar-refractivity contribution in [3.63, 3.8) is 0 Å². The van der Waals surface area contributed by atoms with Crippen molar-refractivity contribution in [3.05, 3.63) is 62.4 Å². The van der Waals surface area contributed by atoms with Gasteiger partial charge in [0.05, 0.1) is 16.4 Å². The molecule has 2 heterocycles. The quantitative estimate of drug-likeness (QED) is 0.287. The number of carbonyl (C=O) groups is 1. The highest BCUT2D eigenvalue weighted by molar-refractivity contribution is 7.99. The van der Waals surface area contributed by atoms with E-state index < -0.39 is 4.92 Å². The Morgan fingerprint density at radius 3 is 3.00 bits per heavy atom. The van der Waals surface area contributed by atoms with Gasteiger partial charge in [-0.3, -0.25) is 19.7 Å². The van der Waals surface area contributed by atoms with Crippen LogP contribution in [-0.4, -0.2) is 31.5 Å².